The number of carbonyl (C=O) groups is 1. The van der Waals surface area contributed by atoms with Gasteiger partial charge in [0.1, 0.15) is 6.61 Å². The van der Waals surface area contributed by atoms with Crippen molar-refractivity contribution in [2.24, 2.45) is 17.8 Å². The van der Waals surface area contributed by atoms with Crippen LogP contribution in [0.25, 0.3) is 0 Å². The van der Waals surface area contributed by atoms with E-state index in [1.807, 2.05) is 38.7 Å². The van der Waals surface area contributed by atoms with E-state index < -0.39 is 6.10 Å². The lowest BCUT2D eigenvalue weighted by Crippen LogP contribution is -2.44. The molecule has 1 fully saturated rings. The van der Waals surface area contributed by atoms with Crippen molar-refractivity contribution >= 4 is 5.91 Å². The van der Waals surface area contributed by atoms with Gasteiger partial charge in [-0.2, -0.15) is 0 Å². The highest BCUT2D eigenvalue weighted by molar-refractivity contribution is 5.78. The number of hydrogen-bond acceptors (Lipinski definition) is 4. The average Bonchev–Trinajstić information content (AvgIpc) is 3.19. The van der Waals surface area contributed by atoms with Crippen molar-refractivity contribution in [3.63, 3.8) is 0 Å². The molecule has 5 nitrogen and oxygen atoms in total. The molecule has 2 aliphatic rings. The van der Waals surface area contributed by atoms with Gasteiger partial charge in [0.2, 0.25) is 5.91 Å². The van der Waals surface area contributed by atoms with Crippen molar-refractivity contribution in [3.05, 3.63) is 23.8 Å². The summed E-state index contributed by atoms with van der Waals surface area (Å²) in [5.74, 6) is 1.000. The Bertz CT molecular complexity index is 605. The fourth-order valence-electron chi connectivity index (χ4n) is 5.36. The Labute approximate surface area is 189 Å². The zero-order valence-corrected chi connectivity index (χ0v) is 20.3. The minimum atomic E-state index is -0.409. The molecule has 0 aromatic heterocycles. The molecular weight excluding hydrogens is 390 g/mol. The van der Waals surface area contributed by atoms with E-state index >= 15 is 0 Å². The summed E-state index contributed by atoms with van der Waals surface area (Å²) in [5.41, 5.74) is 1.38. The van der Waals surface area contributed by atoms with Crippen molar-refractivity contribution in [1.29, 1.82) is 0 Å². The first-order chi connectivity index (χ1) is 14.7. The fourth-order valence-corrected chi connectivity index (χ4v) is 5.36. The van der Waals surface area contributed by atoms with Crippen molar-refractivity contribution in [1.82, 2.24) is 4.90 Å². The normalized spacial score (nSPS) is 26.7. The molecule has 0 bridgehead atoms. The predicted molar refractivity (Wildman–Crippen MR) is 126 cm³/mol. The Morgan fingerprint density at radius 2 is 1.97 bits per heavy atom. The average molecular weight is 436 g/mol. The highest BCUT2D eigenvalue weighted by Crippen LogP contribution is 2.47. The maximum atomic E-state index is 12.4. The van der Waals surface area contributed by atoms with Crippen LogP contribution >= 0.6 is 0 Å². The second kappa shape index (κ2) is 12.8. The maximum Gasteiger partial charge on any atom is 0.249 e. The third-order valence-corrected chi connectivity index (χ3v) is 6.80. The van der Waals surface area contributed by atoms with E-state index in [0.29, 0.717) is 18.4 Å². The topological polar surface area (TPSA) is 70.0 Å². The number of carbonyl (C=O) groups excluding carboxylic acids is 1. The Balaban J connectivity index is 1.76. The van der Waals surface area contributed by atoms with E-state index in [9.17, 15) is 15.0 Å². The van der Waals surface area contributed by atoms with E-state index in [-0.39, 0.29) is 36.6 Å². The second-order valence-electron chi connectivity index (χ2n) is 9.98. The van der Waals surface area contributed by atoms with Gasteiger partial charge in [-0.05, 0) is 65.2 Å². The highest BCUT2D eigenvalue weighted by Gasteiger charge is 2.43. The lowest BCUT2D eigenvalue weighted by atomic mass is 9.88. The molecular formula is C26H45NO4. The molecule has 31 heavy (non-hydrogen) atoms. The van der Waals surface area contributed by atoms with Crippen molar-refractivity contribution < 1.29 is 19.7 Å². The third kappa shape index (κ3) is 7.73. The molecule has 0 aromatic rings. The fraction of sp³-hybridized carbons (Fsp3) is 0.808. The number of ether oxygens (including phenoxy) is 1. The second-order valence-corrected chi connectivity index (χ2v) is 9.98. The summed E-state index contributed by atoms with van der Waals surface area (Å²) in [4.78, 5) is 14.3. The highest BCUT2D eigenvalue weighted by atomic mass is 16.5. The van der Waals surface area contributed by atoms with Gasteiger partial charge in [0.05, 0.1) is 18.8 Å². The Morgan fingerprint density at radius 3 is 2.61 bits per heavy atom. The van der Waals surface area contributed by atoms with Gasteiger partial charge in [-0.15, -0.1) is 0 Å². The molecule has 1 saturated carbocycles. The minimum Gasteiger partial charge on any atom is -0.392 e. The molecule has 0 aromatic carbocycles. The molecule has 0 spiro atoms. The monoisotopic (exact) mass is 435 g/mol. The number of aliphatic hydroxyl groups is 2. The molecule has 178 valence electrons. The summed E-state index contributed by atoms with van der Waals surface area (Å²) < 4.78 is 5.71. The zero-order valence-electron chi connectivity index (χ0n) is 20.3. The molecule has 2 rings (SSSR count). The molecule has 0 unspecified atom stereocenters. The van der Waals surface area contributed by atoms with Crippen molar-refractivity contribution in [2.75, 3.05) is 13.2 Å². The third-order valence-electron chi connectivity index (χ3n) is 6.80. The Hall–Kier alpha value is -1.17. The quantitative estimate of drug-likeness (QED) is 0.331. The summed E-state index contributed by atoms with van der Waals surface area (Å²) in [7, 11) is 0. The summed E-state index contributed by atoms with van der Waals surface area (Å²) in [6, 6.07) is 0.351. The zero-order chi connectivity index (χ0) is 23.0. The lowest BCUT2D eigenvalue weighted by Gasteiger charge is -2.30. The number of unbranched alkanes of at least 4 members (excludes halogenated alkanes) is 2. The molecule has 0 radical (unpaired) electrons. The van der Waals surface area contributed by atoms with Gasteiger partial charge in [0.15, 0.2) is 0 Å². The van der Waals surface area contributed by atoms with E-state index in [0.717, 1.165) is 44.9 Å². The first-order valence-corrected chi connectivity index (χ1v) is 12.4. The van der Waals surface area contributed by atoms with Crippen LogP contribution in [0.4, 0.5) is 0 Å². The molecule has 0 heterocycles. The lowest BCUT2D eigenvalue weighted by molar-refractivity contribution is -0.139. The number of fused-ring (bicyclic) bond motifs is 1. The number of nitrogens with zero attached hydrogens (tertiary/aromatic N) is 1. The van der Waals surface area contributed by atoms with E-state index in [4.69, 9.17) is 4.74 Å². The molecule has 5 heteroatoms. The number of aliphatic hydroxyl groups excluding tert-OH is 2. The van der Waals surface area contributed by atoms with Gasteiger partial charge in [-0.3, -0.25) is 4.79 Å². The summed E-state index contributed by atoms with van der Waals surface area (Å²) >= 11 is 0. The van der Waals surface area contributed by atoms with Gasteiger partial charge in [-0.25, -0.2) is 0 Å². The van der Waals surface area contributed by atoms with E-state index in [1.165, 1.54) is 5.57 Å². The summed E-state index contributed by atoms with van der Waals surface area (Å²) in [5, 5.41) is 20.7. The number of amides is 1. The first kappa shape index (κ1) is 26.1. The molecule has 2 N–H and O–H groups in total. The van der Waals surface area contributed by atoms with Crippen LogP contribution in [0.1, 0.15) is 79.6 Å². The summed E-state index contributed by atoms with van der Waals surface area (Å²) in [6.45, 7) is 11.0. The van der Waals surface area contributed by atoms with Crippen molar-refractivity contribution in [3.8, 4) is 0 Å². The van der Waals surface area contributed by atoms with E-state index in [1.54, 1.807) is 0 Å². The SMILES string of the molecule is CCCCC[C@H](O)C=C[C@@H]1[C@H]2CC(CCOCC(=O)N(C(C)C)C(C)C)=C[C@H]2C[C@H]1O. The predicted octanol–water partition coefficient (Wildman–Crippen LogP) is 4.48. The van der Waals surface area contributed by atoms with Crippen LogP contribution in [-0.2, 0) is 9.53 Å². The van der Waals surface area contributed by atoms with Crippen LogP contribution in [0, 0.1) is 17.8 Å². The molecule has 2 aliphatic carbocycles. The van der Waals surface area contributed by atoms with Gasteiger partial charge < -0.3 is 19.8 Å². The van der Waals surface area contributed by atoms with Crippen LogP contribution in [0.15, 0.2) is 23.8 Å². The Kier molecular flexibility index (Phi) is 10.7. The van der Waals surface area contributed by atoms with Gasteiger partial charge >= 0.3 is 0 Å². The number of rotatable bonds is 13. The number of hydrogen-bond donors (Lipinski definition) is 2. The number of allylic oxidation sites excluding steroid dienone is 1. The van der Waals surface area contributed by atoms with Crippen LogP contribution in [0.5, 0.6) is 0 Å². The van der Waals surface area contributed by atoms with Crippen molar-refractivity contribution in [2.45, 2.75) is 104 Å². The molecule has 1 amide bonds. The molecule has 0 aliphatic heterocycles. The van der Waals surface area contributed by atoms with Crippen LogP contribution < -0.4 is 0 Å². The van der Waals surface area contributed by atoms with Gasteiger partial charge in [-0.1, -0.05) is 50.0 Å². The van der Waals surface area contributed by atoms with Crippen LogP contribution in [0.2, 0.25) is 0 Å². The van der Waals surface area contributed by atoms with Crippen LogP contribution in [-0.4, -0.2) is 58.5 Å². The maximum absolute atomic E-state index is 12.4. The smallest absolute Gasteiger partial charge is 0.249 e. The first-order valence-electron chi connectivity index (χ1n) is 12.4. The Morgan fingerprint density at radius 1 is 1.26 bits per heavy atom. The van der Waals surface area contributed by atoms with Gasteiger partial charge in [0.25, 0.3) is 0 Å². The molecule has 5 atom stereocenters. The largest absolute Gasteiger partial charge is 0.392 e. The standard InChI is InChI=1S/C26H45NO4/c1-6-7-8-9-22(28)10-11-23-24-15-20(14-21(24)16-25(23)29)12-13-31-17-26(30)27(18(2)3)19(4)5/h10-11,14,18-19,21-25,28-29H,6-9,12-13,15-17H2,1-5H3/t21-,22-,23+,24-,25+/m0/s1. The molecule has 0 saturated heterocycles. The van der Waals surface area contributed by atoms with Gasteiger partial charge in [0, 0.05) is 18.0 Å². The minimum absolute atomic E-state index is 0.0492. The summed E-state index contributed by atoms with van der Waals surface area (Å²) in [6.07, 6.45) is 12.3. The van der Waals surface area contributed by atoms with Crippen LogP contribution in [0.3, 0.4) is 0 Å². The van der Waals surface area contributed by atoms with E-state index in [2.05, 4.69) is 19.1 Å².